The fourth-order valence-electron chi connectivity index (χ4n) is 1.09. The van der Waals surface area contributed by atoms with Crippen LogP contribution in [-0.2, 0) is 4.79 Å². The maximum Gasteiger partial charge on any atom is 0.274 e. The number of amides is 1. The van der Waals surface area contributed by atoms with Crippen LogP contribution in [0.3, 0.4) is 0 Å². The van der Waals surface area contributed by atoms with Crippen LogP contribution in [0.1, 0.15) is 12.7 Å². The molecular weight excluding hydrogens is 186 g/mol. The Morgan fingerprint density at radius 1 is 1.50 bits per heavy atom. The molecule has 0 aliphatic heterocycles. The highest BCUT2D eigenvalue weighted by molar-refractivity contribution is 5.86. The van der Waals surface area contributed by atoms with Gasteiger partial charge in [-0.1, -0.05) is 0 Å². The van der Waals surface area contributed by atoms with E-state index in [1.807, 2.05) is 0 Å². The first-order valence-electron chi connectivity index (χ1n) is 3.93. The van der Waals surface area contributed by atoms with Crippen LogP contribution in [0.2, 0.25) is 0 Å². The van der Waals surface area contributed by atoms with Crippen LogP contribution in [-0.4, -0.2) is 30.4 Å². The van der Waals surface area contributed by atoms with Crippen molar-refractivity contribution in [3.63, 3.8) is 0 Å². The van der Waals surface area contributed by atoms with Crippen LogP contribution in [0.4, 0.5) is 5.95 Å². The van der Waals surface area contributed by atoms with Crippen LogP contribution in [0.5, 0.6) is 0 Å². The summed E-state index contributed by atoms with van der Waals surface area (Å²) in [5.74, 6) is 6.60. The number of carbonyl (C=O) groups excluding carboxylic acids is 1. The van der Waals surface area contributed by atoms with Gasteiger partial charge in [-0.3, -0.25) is 10.1 Å². The van der Waals surface area contributed by atoms with E-state index >= 15 is 0 Å². The van der Waals surface area contributed by atoms with E-state index in [0.717, 1.165) is 0 Å². The Labute approximate surface area is 78.7 Å². The monoisotopic (exact) mass is 195 g/mol. The third-order valence-electron chi connectivity index (χ3n) is 1.72. The number of nitrogens with two attached hydrogens (primary N) is 1. The first kappa shape index (κ1) is 8.48. The van der Waals surface area contributed by atoms with Gasteiger partial charge in [-0.15, -0.1) is 15.3 Å². The number of anilines is 1. The normalized spacial score (nSPS) is 10.7. The predicted octanol–water partition coefficient (Wildman–Crippen LogP) is -1.09. The Morgan fingerprint density at radius 2 is 2.21 bits per heavy atom. The molecule has 0 fully saturated rings. The molecule has 2 aromatic rings. The Balaban J connectivity index is 2.57. The molecule has 0 aliphatic carbocycles. The standard InChI is InChI=1S/C6H9N7O/c1-3-11-13-5(8-4(2)14)9-10-6(13)12(3)7/h7H2,1-2H3,(H,8,9,14). The molecule has 0 unspecified atom stereocenters. The fourth-order valence-corrected chi connectivity index (χ4v) is 1.09. The predicted molar refractivity (Wildman–Crippen MR) is 48.0 cm³/mol. The van der Waals surface area contributed by atoms with Crippen molar-refractivity contribution < 1.29 is 4.79 Å². The van der Waals surface area contributed by atoms with E-state index in [1.54, 1.807) is 6.92 Å². The third-order valence-corrected chi connectivity index (χ3v) is 1.72. The highest BCUT2D eigenvalue weighted by atomic mass is 16.1. The van der Waals surface area contributed by atoms with Crippen LogP contribution < -0.4 is 11.2 Å². The molecule has 2 rings (SSSR count). The van der Waals surface area contributed by atoms with Crippen LogP contribution in [0.25, 0.3) is 5.78 Å². The summed E-state index contributed by atoms with van der Waals surface area (Å²) >= 11 is 0. The number of fused-ring (bicyclic) bond motifs is 1. The van der Waals surface area contributed by atoms with Crippen molar-refractivity contribution in [2.45, 2.75) is 13.8 Å². The second-order valence-corrected chi connectivity index (χ2v) is 2.83. The Hall–Kier alpha value is -2.12. The minimum absolute atomic E-state index is 0.233. The number of rotatable bonds is 1. The van der Waals surface area contributed by atoms with Crippen LogP contribution in [0.15, 0.2) is 0 Å². The summed E-state index contributed by atoms with van der Waals surface area (Å²) in [4.78, 5) is 10.8. The maximum absolute atomic E-state index is 10.8. The van der Waals surface area contributed by atoms with Gasteiger partial charge in [0.2, 0.25) is 5.91 Å². The molecule has 0 atom stereocenters. The molecule has 0 saturated carbocycles. The average molecular weight is 195 g/mol. The molecule has 8 heteroatoms. The molecule has 0 radical (unpaired) electrons. The largest absolute Gasteiger partial charge is 0.335 e. The van der Waals surface area contributed by atoms with Crippen molar-refractivity contribution in [3.8, 4) is 0 Å². The van der Waals surface area contributed by atoms with E-state index < -0.39 is 0 Å². The first-order chi connectivity index (χ1) is 6.59. The molecule has 14 heavy (non-hydrogen) atoms. The van der Waals surface area contributed by atoms with Crippen LogP contribution >= 0.6 is 0 Å². The summed E-state index contributed by atoms with van der Waals surface area (Å²) in [6.07, 6.45) is 0. The molecule has 0 spiro atoms. The minimum atomic E-state index is -0.233. The van der Waals surface area contributed by atoms with Crippen molar-refractivity contribution in [2.24, 2.45) is 0 Å². The summed E-state index contributed by atoms with van der Waals surface area (Å²) in [5.41, 5.74) is 0. The number of hydrogen-bond acceptors (Lipinski definition) is 5. The van der Waals surface area contributed by atoms with Gasteiger partial charge in [0.15, 0.2) is 0 Å². The zero-order valence-corrected chi connectivity index (χ0v) is 7.72. The lowest BCUT2D eigenvalue weighted by atomic mass is 10.7. The van der Waals surface area contributed by atoms with E-state index in [4.69, 9.17) is 5.84 Å². The maximum atomic E-state index is 10.8. The number of nitrogen functional groups attached to an aromatic ring is 1. The second kappa shape index (κ2) is 2.69. The molecule has 1 amide bonds. The molecule has 2 aromatic heterocycles. The molecule has 8 nitrogen and oxygen atoms in total. The van der Waals surface area contributed by atoms with Gasteiger partial charge in [-0.05, 0) is 6.92 Å². The lowest BCUT2D eigenvalue weighted by Gasteiger charge is -1.93. The molecule has 0 aliphatic rings. The number of aryl methyl sites for hydroxylation is 1. The summed E-state index contributed by atoms with van der Waals surface area (Å²) in [7, 11) is 0. The molecule has 74 valence electrons. The van der Waals surface area contributed by atoms with E-state index in [9.17, 15) is 4.79 Å². The summed E-state index contributed by atoms with van der Waals surface area (Å²) in [6.45, 7) is 3.11. The molecule has 3 N–H and O–H groups in total. The number of hydrogen-bond donors (Lipinski definition) is 2. The molecule has 0 aromatic carbocycles. The number of nitrogens with one attached hydrogen (secondary N) is 1. The lowest BCUT2D eigenvalue weighted by Crippen LogP contribution is -2.10. The Kier molecular flexibility index (Phi) is 1.63. The highest BCUT2D eigenvalue weighted by Gasteiger charge is 2.12. The van der Waals surface area contributed by atoms with Gasteiger partial charge < -0.3 is 5.84 Å². The zero-order chi connectivity index (χ0) is 10.3. The van der Waals surface area contributed by atoms with Crippen LogP contribution in [0, 0.1) is 6.92 Å². The van der Waals surface area contributed by atoms with Gasteiger partial charge in [0.05, 0.1) is 0 Å². The van der Waals surface area contributed by atoms with Crippen molar-refractivity contribution in [3.05, 3.63) is 5.82 Å². The number of nitrogens with zero attached hydrogens (tertiary/aromatic N) is 5. The van der Waals surface area contributed by atoms with Crippen molar-refractivity contribution in [1.82, 2.24) is 24.5 Å². The molecular formula is C6H9N7O. The van der Waals surface area contributed by atoms with E-state index in [1.165, 1.54) is 16.1 Å². The molecule has 0 bridgehead atoms. The summed E-state index contributed by atoms with van der Waals surface area (Å²) in [5, 5.41) is 14.0. The molecule has 0 saturated heterocycles. The Bertz CT molecular complexity index is 495. The van der Waals surface area contributed by atoms with Gasteiger partial charge in [0.25, 0.3) is 11.7 Å². The van der Waals surface area contributed by atoms with E-state index in [2.05, 4.69) is 20.6 Å². The number of carbonyl (C=O) groups is 1. The van der Waals surface area contributed by atoms with Crippen molar-refractivity contribution >= 4 is 17.6 Å². The zero-order valence-electron chi connectivity index (χ0n) is 7.72. The fraction of sp³-hybridized carbons (Fsp3) is 0.333. The van der Waals surface area contributed by atoms with Gasteiger partial charge >= 0.3 is 0 Å². The quantitative estimate of drug-likeness (QED) is 0.562. The summed E-state index contributed by atoms with van der Waals surface area (Å²) in [6, 6.07) is 0. The average Bonchev–Trinajstić information content (AvgIpc) is 2.57. The second-order valence-electron chi connectivity index (χ2n) is 2.83. The topological polar surface area (TPSA) is 103 Å². The highest BCUT2D eigenvalue weighted by Crippen LogP contribution is 2.06. The van der Waals surface area contributed by atoms with Crippen molar-refractivity contribution in [1.29, 1.82) is 0 Å². The summed E-state index contributed by atoms with van der Waals surface area (Å²) < 4.78 is 2.66. The van der Waals surface area contributed by atoms with E-state index in [0.29, 0.717) is 11.6 Å². The van der Waals surface area contributed by atoms with Crippen molar-refractivity contribution in [2.75, 3.05) is 11.2 Å². The van der Waals surface area contributed by atoms with Gasteiger partial charge in [-0.25, -0.2) is 4.68 Å². The first-order valence-corrected chi connectivity index (χ1v) is 3.93. The third kappa shape index (κ3) is 1.08. The lowest BCUT2D eigenvalue weighted by molar-refractivity contribution is -0.114. The SMILES string of the molecule is CC(=O)Nc1nnc2n(N)c(C)nn12. The van der Waals surface area contributed by atoms with Gasteiger partial charge in [0, 0.05) is 6.92 Å². The van der Waals surface area contributed by atoms with E-state index in [-0.39, 0.29) is 11.9 Å². The molecule has 2 heterocycles. The van der Waals surface area contributed by atoms with Gasteiger partial charge in [-0.2, -0.15) is 4.52 Å². The van der Waals surface area contributed by atoms with Gasteiger partial charge in [0.1, 0.15) is 5.82 Å². The minimum Gasteiger partial charge on any atom is -0.335 e. The Morgan fingerprint density at radius 3 is 2.86 bits per heavy atom. The smallest absolute Gasteiger partial charge is 0.274 e. The number of aromatic nitrogens is 5.